The Hall–Kier alpha value is -1.88. The van der Waals surface area contributed by atoms with Gasteiger partial charge in [-0.25, -0.2) is 9.48 Å². The van der Waals surface area contributed by atoms with Gasteiger partial charge in [0, 0.05) is 5.02 Å². The Morgan fingerprint density at radius 1 is 1.50 bits per heavy atom. The summed E-state index contributed by atoms with van der Waals surface area (Å²) in [7, 11) is 0. The van der Waals surface area contributed by atoms with Crippen LogP contribution in [0.25, 0.3) is 5.69 Å². The van der Waals surface area contributed by atoms with Crippen molar-refractivity contribution in [3.8, 4) is 5.69 Å². The minimum absolute atomic E-state index is 0.0193. The number of benzene rings is 1. The minimum Gasteiger partial charge on any atom is -0.476 e. The Kier molecular flexibility index (Phi) is 3.34. The Bertz CT molecular complexity index is 607. The molecule has 0 aliphatic heterocycles. The predicted molar refractivity (Wildman–Crippen MR) is 67.4 cm³/mol. The molecule has 0 unspecified atom stereocenters. The normalized spacial score (nSPS) is 10.6. The van der Waals surface area contributed by atoms with Gasteiger partial charge >= 0.3 is 5.97 Å². The van der Waals surface area contributed by atoms with Gasteiger partial charge in [0.15, 0.2) is 5.69 Å². The Morgan fingerprint density at radius 2 is 2.22 bits per heavy atom. The maximum Gasteiger partial charge on any atom is 0.358 e. The third kappa shape index (κ3) is 2.09. The molecule has 0 aliphatic carbocycles. The van der Waals surface area contributed by atoms with E-state index >= 15 is 0 Å². The maximum absolute atomic E-state index is 11.0. The lowest BCUT2D eigenvalue weighted by molar-refractivity contribution is 0.0689. The summed E-state index contributed by atoms with van der Waals surface area (Å²) in [5, 5.41) is 17.2. The van der Waals surface area contributed by atoms with Crippen molar-refractivity contribution >= 4 is 17.6 Å². The molecule has 0 bridgehead atoms. The molecule has 6 heteroatoms. The molecule has 0 saturated carbocycles. The largest absolute Gasteiger partial charge is 0.476 e. The zero-order chi connectivity index (χ0) is 13.3. The topological polar surface area (TPSA) is 68.0 Å². The number of halogens is 1. The number of aromatic nitrogens is 3. The van der Waals surface area contributed by atoms with Gasteiger partial charge in [0.05, 0.1) is 11.4 Å². The van der Waals surface area contributed by atoms with E-state index in [4.69, 9.17) is 16.7 Å². The van der Waals surface area contributed by atoms with E-state index in [0.717, 1.165) is 5.56 Å². The van der Waals surface area contributed by atoms with Gasteiger partial charge in [0.25, 0.3) is 0 Å². The number of nitrogens with zero attached hydrogens (tertiary/aromatic N) is 3. The zero-order valence-corrected chi connectivity index (χ0v) is 10.8. The van der Waals surface area contributed by atoms with Gasteiger partial charge in [-0.15, -0.1) is 5.10 Å². The van der Waals surface area contributed by atoms with Crippen molar-refractivity contribution in [2.24, 2.45) is 0 Å². The summed E-state index contributed by atoms with van der Waals surface area (Å²) in [4.78, 5) is 11.0. The number of hydrogen-bond acceptors (Lipinski definition) is 3. The van der Waals surface area contributed by atoms with E-state index in [0.29, 0.717) is 22.8 Å². The summed E-state index contributed by atoms with van der Waals surface area (Å²) in [6, 6.07) is 5.44. The molecule has 0 radical (unpaired) electrons. The third-order valence-corrected chi connectivity index (χ3v) is 3.11. The third-order valence-electron chi connectivity index (χ3n) is 2.70. The van der Waals surface area contributed by atoms with Crippen LogP contribution in [0.15, 0.2) is 18.2 Å². The first-order valence-electron chi connectivity index (χ1n) is 5.49. The van der Waals surface area contributed by atoms with E-state index < -0.39 is 5.97 Å². The molecule has 0 atom stereocenters. The Morgan fingerprint density at radius 3 is 2.78 bits per heavy atom. The second kappa shape index (κ2) is 4.78. The molecular weight excluding hydrogens is 254 g/mol. The van der Waals surface area contributed by atoms with Crippen LogP contribution in [0.3, 0.4) is 0 Å². The molecule has 5 nitrogen and oxygen atoms in total. The summed E-state index contributed by atoms with van der Waals surface area (Å²) in [6.45, 7) is 3.76. The van der Waals surface area contributed by atoms with Crippen LogP contribution in [0.5, 0.6) is 0 Å². The monoisotopic (exact) mass is 265 g/mol. The maximum atomic E-state index is 11.0. The molecule has 0 amide bonds. The van der Waals surface area contributed by atoms with E-state index in [1.54, 1.807) is 6.07 Å². The molecule has 1 aromatic carbocycles. The fourth-order valence-corrected chi connectivity index (χ4v) is 1.88. The highest BCUT2D eigenvalue weighted by Gasteiger charge is 2.18. The summed E-state index contributed by atoms with van der Waals surface area (Å²) < 4.78 is 1.51. The molecule has 2 rings (SSSR count). The average molecular weight is 266 g/mol. The minimum atomic E-state index is -1.07. The van der Waals surface area contributed by atoms with Crippen LogP contribution in [0.1, 0.15) is 28.7 Å². The number of carboxylic acid groups (broad SMARTS) is 1. The molecular formula is C12H12ClN3O2. The van der Waals surface area contributed by atoms with Gasteiger partial charge in [0.2, 0.25) is 0 Å². The molecule has 0 fully saturated rings. The average Bonchev–Trinajstić information content (AvgIpc) is 2.76. The van der Waals surface area contributed by atoms with Crippen molar-refractivity contribution in [3.63, 3.8) is 0 Å². The molecule has 0 saturated heterocycles. The first kappa shape index (κ1) is 12.6. The van der Waals surface area contributed by atoms with Crippen LogP contribution in [0.4, 0.5) is 0 Å². The van der Waals surface area contributed by atoms with Gasteiger partial charge in [-0.1, -0.05) is 29.8 Å². The smallest absolute Gasteiger partial charge is 0.358 e. The summed E-state index contributed by atoms with van der Waals surface area (Å²) in [5.41, 5.74) is 2.20. The van der Waals surface area contributed by atoms with Crippen LogP contribution in [0.2, 0.25) is 5.02 Å². The fraction of sp³-hybridized carbons (Fsp3) is 0.250. The zero-order valence-electron chi connectivity index (χ0n) is 10.0. The Labute approximate surface area is 109 Å². The van der Waals surface area contributed by atoms with Crippen LogP contribution in [-0.4, -0.2) is 26.1 Å². The van der Waals surface area contributed by atoms with Crippen molar-refractivity contribution < 1.29 is 9.90 Å². The fourth-order valence-electron chi connectivity index (χ4n) is 1.71. The molecule has 1 heterocycles. The second-order valence-electron chi connectivity index (χ2n) is 3.89. The van der Waals surface area contributed by atoms with Gasteiger partial charge in [-0.05, 0) is 31.0 Å². The lowest BCUT2D eigenvalue weighted by Crippen LogP contribution is -2.05. The highest BCUT2D eigenvalue weighted by Crippen LogP contribution is 2.21. The van der Waals surface area contributed by atoms with Crippen LogP contribution in [-0.2, 0) is 6.42 Å². The molecule has 0 aliphatic rings. The van der Waals surface area contributed by atoms with Gasteiger partial charge in [-0.3, -0.25) is 0 Å². The van der Waals surface area contributed by atoms with Crippen molar-refractivity contribution in [1.29, 1.82) is 0 Å². The lowest BCUT2D eigenvalue weighted by atomic mass is 10.2. The van der Waals surface area contributed by atoms with Gasteiger partial charge in [0.1, 0.15) is 0 Å². The lowest BCUT2D eigenvalue weighted by Gasteiger charge is -2.06. The van der Waals surface area contributed by atoms with Crippen LogP contribution >= 0.6 is 11.6 Å². The van der Waals surface area contributed by atoms with Gasteiger partial charge < -0.3 is 5.11 Å². The molecule has 1 N–H and O–H groups in total. The quantitative estimate of drug-likeness (QED) is 0.926. The van der Waals surface area contributed by atoms with E-state index in [1.165, 1.54) is 4.68 Å². The highest BCUT2D eigenvalue weighted by atomic mass is 35.5. The first-order chi connectivity index (χ1) is 8.54. The number of aryl methyl sites for hydroxylation is 1. The Balaban J connectivity index is 2.57. The van der Waals surface area contributed by atoms with E-state index in [9.17, 15) is 4.79 Å². The summed E-state index contributed by atoms with van der Waals surface area (Å²) in [5.74, 6) is -1.07. The second-order valence-corrected chi connectivity index (χ2v) is 4.30. The number of carboxylic acids is 1. The number of hydrogen-bond donors (Lipinski definition) is 1. The van der Waals surface area contributed by atoms with Gasteiger partial charge in [-0.2, -0.15) is 0 Å². The summed E-state index contributed by atoms with van der Waals surface area (Å²) in [6.07, 6.45) is 0.528. The number of carbonyl (C=O) groups is 1. The van der Waals surface area contributed by atoms with Crippen LogP contribution < -0.4 is 0 Å². The predicted octanol–water partition coefficient (Wildman–Crippen LogP) is 2.49. The number of rotatable bonds is 3. The SMILES string of the molecule is CCc1c(C(=O)O)nnn1-c1ccc(C)c(Cl)c1. The van der Waals surface area contributed by atoms with Crippen LogP contribution in [0, 0.1) is 6.92 Å². The van der Waals surface area contributed by atoms with E-state index in [1.807, 2.05) is 26.0 Å². The summed E-state index contributed by atoms with van der Waals surface area (Å²) >= 11 is 6.05. The molecule has 1 aromatic heterocycles. The van der Waals surface area contributed by atoms with Crippen molar-refractivity contribution in [1.82, 2.24) is 15.0 Å². The van der Waals surface area contributed by atoms with E-state index in [2.05, 4.69) is 10.3 Å². The van der Waals surface area contributed by atoms with E-state index in [-0.39, 0.29) is 5.69 Å². The molecule has 0 spiro atoms. The first-order valence-corrected chi connectivity index (χ1v) is 5.86. The van der Waals surface area contributed by atoms with Crippen molar-refractivity contribution in [2.45, 2.75) is 20.3 Å². The standard InChI is InChI=1S/C12H12ClN3O2/c1-3-10-11(12(17)18)14-15-16(10)8-5-4-7(2)9(13)6-8/h4-6H,3H2,1-2H3,(H,17,18). The number of aromatic carboxylic acids is 1. The highest BCUT2D eigenvalue weighted by molar-refractivity contribution is 6.31. The van der Waals surface area contributed by atoms with Crippen molar-refractivity contribution in [3.05, 3.63) is 40.2 Å². The molecule has 94 valence electrons. The molecule has 18 heavy (non-hydrogen) atoms. The van der Waals surface area contributed by atoms with Crippen molar-refractivity contribution in [2.75, 3.05) is 0 Å². The molecule has 2 aromatic rings.